The summed E-state index contributed by atoms with van der Waals surface area (Å²) in [7, 11) is -3.92. The number of sulfonamides is 1. The van der Waals surface area contributed by atoms with Crippen molar-refractivity contribution in [2.45, 2.75) is 24.8 Å². The van der Waals surface area contributed by atoms with E-state index in [1.54, 1.807) is 19.9 Å². The molecule has 2 heterocycles. The lowest BCUT2D eigenvalue weighted by Crippen LogP contribution is -2.27. The minimum atomic E-state index is -3.92. The monoisotopic (exact) mass is 368 g/mol. The van der Waals surface area contributed by atoms with E-state index in [1.165, 1.54) is 12.1 Å². The highest BCUT2D eigenvalue weighted by molar-refractivity contribution is 7.89. The average Bonchev–Trinajstić information content (AvgIpc) is 3.12. The molecule has 0 fully saturated rings. The molecule has 0 aliphatic rings. The topological polar surface area (TPSA) is 135 Å². The minimum absolute atomic E-state index is 0.0696. The van der Waals surface area contributed by atoms with Gasteiger partial charge in [0.15, 0.2) is 5.52 Å². The van der Waals surface area contributed by atoms with Gasteiger partial charge < -0.3 is 5.11 Å². The van der Waals surface area contributed by atoms with E-state index in [0.29, 0.717) is 16.2 Å². The third kappa shape index (κ3) is 2.88. The molecule has 0 aliphatic carbocycles. The van der Waals surface area contributed by atoms with Crippen LogP contribution in [0.5, 0.6) is 0 Å². The van der Waals surface area contributed by atoms with Gasteiger partial charge in [0.05, 0.1) is 11.7 Å². The summed E-state index contributed by atoms with van der Waals surface area (Å²) in [6.07, 6.45) is 0. The first kappa shape index (κ1) is 16.5. The highest BCUT2D eigenvalue weighted by Gasteiger charge is 2.25. The van der Waals surface area contributed by atoms with E-state index in [0.717, 1.165) is 11.3 Å². The Morgan fingerprint density at radius 1 is 1.38 bits per heavy atom. The number of benzene rings is 1. The molecule has 9 nitrogen and oxygen atoms in total. The molecule has 2 N–H and O–H groups in total. The number of nitrogens with one attached hydrogen (secondary N) is 1. The first-order chi connectivity index (χ1) is 11.3. The molecule has 1 unspecified atom stereocenters. The molecule has 3 rings (SSSR count). The number of carboxylic acids is 1. The van der Waals surface area contributed by atoms with E-state index < -0.39 is 22.0 Å². The number of fused-ring (bicyclic) bond motifs is 1. The summed E-state index contributed by atoms with van der Waals surface area (Å²) in [5, 5.41) is 16.7. The van der Waals surface area contributed by atoms with Crippen LogP contribution in [-0.2, 0) is 10.0 Å². The third-order valence-electron chi connectivity index (χ3n) is 3.25. The number of hydrogen-bond donors (Lipinski definition) is 2. The highest BCUT2D eigenvalue weighted by Crippen LogP contribution is 2.26. The Morgan fingerprint density at radius 3 is 2.79 bits per heavy atom. The molecule has 0 bridgehead atoms. The number of rotatable bonds is 5. The van der Waals surface area contributed by atoms with Crippen LogP contribution in [0.2, 0.25) is 0 Å². The van der Waals surface area contributed by atoms with Gasteiger partial charge in [-0.2, -0.15) is 0 Å². The lowest BCUT2D eigenvalue weighted by molar-refractivity contribution is 0.0701. The molecule has 0 amide bonds. The Labute approximate surface area is 140 Å². The lowest BCUT2D eigenvalue weighted by atomic mass is 10.3. The van der Waals surface area contributed by atoms with Crippen molar-refractivity contribution in [3.63, 3.8) is 0 Å². The van der Waals surface area contributed by atoms with Crippen molar-refractivity contribution < 1.29 is 22.9 Å². The molecule has 1 atom stereocenters. The zero-order valence-corrected chi connectivity index (χ0v) is 14.2. The summed E-state index contributed by atoms with van der Waals surface area (Å²) < 4.78 is 32.2. The number of aryl methyl sites for hydroxylation is 1. The van der Waals surface area contributed by atoms with E-state index in [9.17, 15) is 13.2 Å². The molecule has 3 aromatic rings. The number of aromatic nitrogens is 3. The van der Waals surface area contributed by atoms with Crippen molar-refractivity contribution in [2.75, 3.05) is 0 Å². The van der Waals surface area contributed by atoms with Gasteiger partial charge >= 0.3 is 5.97 Å². The van der Waals surface area contributed by atoms with Crippen molar-refractivity contribution in [3.8, 4) is 0 Å². The number of nitrogens with zero attached hydrogens (tertiary/aromatic N) is 3. The van der Waals surface area contributed by atoms with Crippen LogP contribution >= 0.6 is 11.3 Å². The number of hydrogen-bond acceptors (Lipinski definition) is 8. The van der Waals surface area contributed by atoms with Gasteiger partial charge in [-0.25, -0.2) is 27.5 Å². The molecule has 126 valence electrons. The van der Waals surface area contributed by atoms with Crippen LogP contribution < -0.4 is 4.72 Å². The molecule has 0 radical (unpaired) electrons. The van der Waals surface area contributed by atoms with Crippen LogP contribution in [0, 0.1) is 6.92 Å². The first-order valence-corrected chi connectivity index (χ1v) is 9.04. The standard InChI is InChI=1S/C13H12N4O5S2/c1-6-11(13(18)19)23-12(14-6)7(2)17-24(20,21)9-5-3-4-8-10(9)16-22-15-8/h3-5,7,17H,1-2H3,(H,18,19). The van der Waals surface area contributed by atoms with E-state index in [4.69, 9.17) is 5.11 Å². The minimum Gasteiger partial charge on any atom is -0.477 e. The fourth-order valence-electron chi connectivity index (χ4n) is 2.15. The SMILES string of the molecule is Cc1nc(C(C)NS(=O)(=O)c2cccc3nonc23)sc1C(=O)O. The Balaban J connectivity index is 1.93. The maximum Gasteiger partial charge on any atom is 0.347 e. The molecule has 24 heavy (non-hydrogen) atoms. The van der Waals surface area contributed by atoms with E-state index in [-0.39, 0.29) is 15.3 Å². The zero-order valence-electron chi connectivity index (χ0n) is 12.5. The second-order valence-electron chi connectivity index (χ2n) is 5.00. The summed E-state index contributed by atoms with van der Waals surface area (Å²) in [6.45, 7) is 3.15. The van der Waals surface area contributed by atoms with Crippen molar-refractivity contribution in [1.29, 1.82) is 0 Å². The third-order valence-corrected chi connectivity index (χ3v) is 6.15. The van der Waals surface area contributed by atoms with Crippen LogP contribution in [0.1, 0.15) is 33.3 Å². The summed E-state index contributed by atoms with van der Waals surface area (Å²) in [6, 6.07) is 3.79. The van der Waals surface area contributed by atoms with Gasteiger partial charge in [-0.05, 0) is 36.3 Å². The van der Waals surface area contributed by atoms with Gasteiger partial charge in [0.25, 0.3) is 0 Å². The Hall–Kier alpha value is -2.37. The van der Waals surface area contributed by atoms with Crippen molar-refractivity contribution in [1.82, 2.24) is 20.0 Å². The smallest absolute Gasteiger partial charge is 0.347 e. The Morgan fingerprint density at radius 2 is 2.12 bits per heavy atom. The molecule has 0 spiro atoms. The predicted molar refractivity (Wildman–Crippen MR) is 84.4 cm³/mol. The molecule has 2 aromatic heterocycles. The molecular weight excluding hydrogens is 356 g/mol. The molecule has 0 saturated heterocycles. The number of carbonyl (C=O) groups is 1. The van der Waals surface area contributed by atoms with Gasteiger partial charge in [-0.3, -0.25) is 0 Å². The number of aromatic carboxylic acids is 1. The van der Waals surface area contributed by atoms with Gasteiger partial charge in [0.1, 0.15) is 20.3 Å². The Bertz CT molecular complexity index is 1020. The van der Waals surface area contributed by atoms with Gasteiger partial charge in [-0.15, -0.1) is 11.3 Å². The average molecular weight is 368 g/mol. The second kappa shape index (κ2) is 5.92. The maximum atomic E-state index is 12.6. The summed E-state index contributed by atoms with van der Waals surface area (Å²) >= 11 is 0.933. The molecule has 1 aromatic carbocycles. The normalized spacial score (nSPS) is 13.2. The first-order valence-electron chi connectivity index (χ1n) is 6.74. The highest BCUT2D eigenvalue weighted by atomic mass is 32.2. The summed E-state index contributed by atoms with van der Waals surface area (Å²) in [5.41, 5.74) is 0.791. The van der Waals surface area contributed by atoms with E-state index >= 15 is 0 Å². The maximum absolute atomic E-state index is 12.6. The Kier molecular flexibility index (Phi) is 4.07. The quantitative estimate of drug-likeness (QED) is 0.695. The zero-order chi connectivity index (χ0) is 17.5. The lowest BCUT2D eigenvalue weighted by Gasteiger charge is -2.11. The summed E-state index contributed by atoms with van der Waals surface area (Å²) in [5.74, 6) is -1.09. The predicted octanol–water partition coefficient (Wildman–Crippen LogP) is 1.73. The largest absolute Gasteiger partial charge is 0.477 e. The van der Waals surface area contributed by atoms with Crippen LogP contribution in [0.15, 0.2) is 27.7 Å². The fourth-order valence-corrected chi connectivity index (χ4v) is 4.49. The number of thiazole rings is 1. The molecule has 11 heteroatoms. The summed E-state index contributed by atoms with van der Waals surface area (Å²) in [4.78, 5) is 15.2. The fraction of sp³-hybridized carbons (Fsp3) is 0.231. The molecule has 0 saturated carbocycles. The van der Waals surface area contributed by atoms with E-state index in [2.05, 4.69) is 24.6 Å². The molecule has 0 aliphatic heterocycles. The van der Waals surface area contributed by atoms with Crippen molar-refractivity contribution >= 4 is 38.4 Å². The van der Waals surface area contributed by atoms with Gasteiger partial charge in [-0.1, -0.05) is 6.07 Å². The van der Waals surface area contributed by atoms with Crippen molar-refractivity contribution in [3.05, 3.63) is 33.8 Å². The van der Waals surface area contributed by atoms with Gasteiger partial charge in [0, 0.05) is 0 Å². The van der Waals surface area contributed by atoms with E-state index in [1.807, 2.05) is 0 Å². The van der Waals surface area contributed by atoms with Gasteiger partial charge in [0.2, 0.25) is 10.0 Å². The van der Waals surface area contributed by atoms with Crippen LogP contribution in [0.3, 0.4) is 0 Å². The van der Waals surface area contributed by atoms with Crippen LogP contribution in [0.25, 0.3) is 11.0 Å². The van der Waals surface area contributed by atoms with Crippen LogP contribution in [-0.4, -0.2) is 34.8 Å². The second-order valence-corrected chi connectivity index (χ2v) is 7.72. The van der Waals surface area contributed by atoms with Crippen molar-refractivity contribution in [2.24, 2.45) is 0 Å². The number of carboxylic acid groups (broad SMARTS) is 1. The van der Waals surface area contributed by atoms with Crippen LogP contribution in [0.4, 0.5) is 0 Å². The molecular formula is C13H12N4O5S2.